The Labute approximate surface area is 101 Å². The summed E-state index contributed by atoms with van der Waals surface area (Å²) in [5, 5.41) is 0. The molecule has 1 aromatic rings. The van der Waals surface area contributed by atoms with Crippen LogP contribution in [0.1, 0.15) is 19.4 Å². The highest BCUT2D eigenvalue weighted by atomic mass is 79.9. The van der Waals surface area contributed by atoms with Crippen LogP contribution in [0.25, 0.3) is 0 Å². The molecule has 1 aliphatic heterocycles. The quantitative estimate of drug-likeness (QED) is 0.810. The molecular weight excluding hydrogens is 250 g/mol. The zero-order valence-corrected chi connectivity index (χ0v) is 11.0. The Morgan fingerprint density at radius 1 is 1.40 bits per heavy atom. The van der Waals surface area contributed by atoms with Crippen LogP contribution in [0.5, 0.6) is 0 Å². The molecule has 0 radical (unpaired) electrons. The van der Waals surface area contributed by atoms with E-state index in [1.165, 1.54) is 23.1 Å². The summed E-state index contributed by atoms with van der Waals surface area (Å²) >= 11 is 3.51. The maximum absolute atomic E-state index is 3.51. The van der Waals surface area contributed by atoms with Gasteiger partial charge in [-0.2, -0.15) is 0 Å². The summed E-state index contributed by atoms with van der Waals surface area (Å²) in [6, 6.07) is 8.60. The molecule has 2 heteroatoms. The van der Waals surface area contributed by atoms with Gasteiger partial charge in [0.05, 0.1) is 0 Å². The minimum absolute atomic E-state index is 0.837. The fourth-order valence-electron chi connectivity index (χ4n) is 2.05. The average Bonchev–Trinajstić information content (AvgIpc) is 2.10. The van der Waals surface area contributed by atoms with Gasteiger partial charge in [0.25, 0.3) is 0 Å². The molecule has 1 aromatic carbocycles. The molecule has 1 saturated heterocycles. The van der Waals surface area contributed by atoms with Crippen LogP contribution in [-0.2, 0) is 6.54 Å². The molecule has 1 heterocycles. The SMILES string of the molecule is CC(C)C1CN(Cc2cccc(Br)c2)C1. The minimum atomic E-state index is 0.837. The Balaban J connectivity index is 1.85. The molecule has 15 heavy (non-hydrogen) atoms. The molecule has 1 fully saturated rings. The number of rotatable bonds is 3. The highest BCUT2D eigenvalue weighted by Gasteiger charge is 2.28. The predicted molar refractivity (Wildman–Crippen MR) is 67.7 cm³/mol. The standard InChI is InChI=1S/C13H18BrN/c1-10(2)12-8-15(9-12)7-11-4-3-5-13(14)6-11/h3-6,10,12H,7-9H2,1-2H3. The van der Waals surface area contributed by atoms with Crippen molar-refractivity contribution in [3.05, 3.63) is 34.3 Å². The van der Waals surface area contributed by atoms with Crippen molar-refractivity contribution in [1.29, 1.82) is 0 Å². The first-order valence-corrected chi connectivity index (χ1v) is 6.41. The van der Waals surface area contributed by atoms with Crippen molar-refractivity contribution < 1.29 is 0 Å². The van der Waals surface area contributed by atoms with E-state index in [2.05, 4.69) is 58.9 Å². The fourth-order valence-corrected chi connectivity index (χ4v) is 2.50. The monoisotopic (exact) mass is 267 g/mol. The summed E-state index contributed by atoms with van der Waals surface area (Å²) in [5.74, 6) is 1.75. The van der Waals surface area contributed by atoms with Crippen molar-refractivity contribution in [2.75, 3.05) is 13.1 Å². The third kappa shape index (κ3) is 2.82. The van der Waals surface area contributed by atoms with E-state index in [9.17, 15) is 0 Å². The summed E-state index contributed by atoms with van der Waals surface area (Å²) in [5.41, 5.74) is 1.41. The normalized spacial score (nSPS) is 18.1. The number of nitrogens with zero attached hydrogens (tertiary/aromatic N) is 1. The van der Waals surface area contributed by atoms with Gasteiger partial charge in [0.2, 0.25) is 0 Å². The lowest BCUT2D eigenvalue weighted by Crippen LogP contribution is -2.48. The van der Waals surface area contributed by atoms with Crippen LogP contribution < -0.4 is 0 Å². The number of halogens is 1. The van der Waals surface area contributed by atoms with Gasteiger partial charge in [0.15, 0.2) is 0 Å². The lowest BCUT2D eigenvalue weighted by Gasteiger charge is -2.41. The molecule has 0 unspecified atom stereocenters. The lowest BCUT2D eigenvalue weighted by atomic mass is 9.88. The first-order chi connectivity index (χ1) is 7.15. The van der Waals surface area contributed by atoms with Crippen molar-refractivity contribution in [1.82, 2.24) is 4.90 Å². The van der Waals surface area contributed by atoms with E-state index in [0.29, 0.717) is 0 Å². The van der Waals surface area contributed by atoms with Crippen molar-refractivity contribution in [3.63, 3.8) is 0 Å². The molecule has 0 aromatic heterocycles. The molecular formula is C13H18BrN. The van der Waals surface area contributed by atoms with E-state index in [1.807, 2.05) is 0 Å². The van der Waals surface area contributed by atoms with Gasteiger partial charge in [-0.05, 0) is 29.5 Å². The van der Waals surface area contributed by atoms with Crippen LogP contribution in [0.3, 0.4) is 0 Å². The number of hydrogen-bond acceptors (Lipinski definition) is 1. The summed E-state index contributed by atoms with van der Waals surface area (Å²) in [4.78, 5) is 2.52. The highest BCUT2D eigenvalue weighted by molar-refractivity contribution is 9.10. The van der Waals surface area contributed by atoms with Gasteiger partial charge < -0.3 is 0 Å². The molecule has 0 N–H and O–H groups in total. The Morgan fingerprint density at radius 2 is 2.13 bits per heavy atom. The zero-order chi connectivity index (χ0) is 10.8. The second kappa shape index (κ2) is 4.67. The first kappa shape index (κ1) is 11.2. The zero-order valence-electron chi connectivity index (χ0n) is 9.41. The van der Waals surface area contributed by atoms with Crippen LogP contribution in [0.15, 0.2) is 28.7 Å². The second-order valence-electron chi connectivity index (χ2n) is 4.83. The van der Waals surface area contributed by atoms with Crippen molar-refractivity contribution in [2.45, 2.75) is 20.4 Å². The smallest absolute Gasteiger partial charge is 0.0234 e. The lowest BCUT2D eigenvalue weighted by molar-refractivity contribution is 0.0614. The van der Waals surface area contributed by atoms with E-state index in [-0.39, 0.29) is 0 Å². The van der Waals surface area contributed by atoms with Gasteiger partial charge in [-0.3, -0.25) is 4.90 Å². The molecule has 0 amide bonds. The maximum Gasteiger partial charge on any atom is 0.0234 e. The van der Waals surface area contributed by atoms with E-state index in [0.717, 1.165) is 18.4 Å². The fraction of sp³-hybridized carbons (Fsp3) is 0.538. The van der Waals surface area contributed by atoms with Crippen LogP contribution >= 0.6 is 15.9 Å². The van der Waals surface area contributed by atoms with Crippen LogP contribution in [0, 0.1) is 11.8 Å². The Hall–Kier alpha value is -0.340. The molecule has 2 rings (SSSR count). The van der Waals surface area contributed by atoms with Crippen molar-refractivity contribution >= 4 is 15.9 Å². The summed E-state index contributed by atoms with van der Waals surface area (Å²) in [6.45, 7) is 8.28. The third-order valence-electron chi connectivity index (χ3n) is 3.22. The van der Waals surface area contributed by atoms with Crippen molar-refractivity contribution in [2.24, 2.45) is 11.8 Å². The van der Waals surface area contributed by atoms with Crippen LogP contribution in [0.4, 0.5) is 0 Å². The van der Waals surface area contributed by atoms with Gasteiger partial charge >= 0.3 is 0 Å². The molecule has 1 nitrogen and oxygen atoms in total. The van der Waals surface area contributed by atoms with E-state index >= 15 is 0 Å². The Morgan fingerprint density at radius 3 is 2.73 bits per heavy atom. The van der Waals surface area contributed by atoms with Gasteiger partial charge in [-0.25, -0.2) is 0 Å². The number of hydrogen-bond donors (Lipinski definition) is 0. The average molecular weight is 268 g/mol. The van der Waals surface area contributed by atoms with Crippen molar-refractivity contribution in [3.8, 4) is 0 Å². The number of benzene rings is 1. The van der Waals surface area contributed by atoms with Gasteiger partial charge in [0.1, 0.15) is 0 Å². The first-order valence-electron chi connectivity index (χ1n) is 5.62. The van der Waals surface area contributed by atoms with Crippen LogP contribution in [0.2, 0.25) is 0 Å². The molecule has 0 spiro atoms. The third-order valence-corrected chi connectivity index (χ3v) is 3.72. The van der Waals surface area contributed by atoms with E-state index in [1.54, 1.807) is 0 Å². The highest BCUT2D eigenvalue weighted by Crippen LogP contribution is 2.25. The van der Waals surface area contributed by atoms with E-state index < -0.39 is 0 Å². The Kier molecular flexibility index (Phi) is 3.47. The topological polar surface area (TPSA) is 3.24 Å². The molecule has 0 aliphatic carbocycles. The molecule has 0 saturated carbocycles. The van der Waals surface area contributed by atoms with Gasteiger partial charge in [-0.1, -0.05) is 41.9 Å². The summed E-state index contributed by atoms with van der Waals surface area (Å²) < 4.78 is 1.18. The Bertz CT molecular complexity index is 329. The van der Waals surface area contributed by atoms with Crippen LogP contribution in [-0.4, -0.2) is 18.0 Å². The maximum atomic E-state index is 3.51. The predicted octanol–water partition coefficient (Wildman–Crippen LogP) is 3.54. The molecule has 0 bridgehead atoms. The van der Waals surface area contributed by atoms with E-state index in [4.69, 9.17) is 0 Å². The van der Waals surface area contributed by atoms with Gasteiger partial charge in [0, 0.05) is 24.1 Å². The second-order valence-corrected chi connectivity index (χ2v) is 5.74. The van der Waals surface area contributed by atoms with Gasteiger partial charge in [-0.15, -0.1) is 0 Å². The minimum Gasteiger partial charge on any atom is -0.298 e. The summed E-state index contributed by atoms with van der Waals surface area (Å²) in [7, 11) is 0. The summed E-state index contributed by atoms with van der Waals surface area (Å²) in [6.07, 6.45) is 0. The number of likely N-dealkylation sites (tertiary alicyclic amines) is 1. The molecule has 0 atom stereocenters. The largest absolute Gasteiger partial charge is 0.298 e. The molecule has 1 aliphatic rings. The molecule has 82 valence electrons.